The third kappa shape index (κ3) is 4.24. The van der Waals surface area contributed by atoms with Crippen LogP contribution in [0.2, 0.25) is 0 Å². The van der Waals surface area contributed by atoms with Gasteiger partial charge in [0.25, 0.3) is 0 Å². The molecule has 0 radical (unpaired) electrons. The normalized spacial score (nSPS) is 17.6. The molecule has 1 rings (SSSR count). The predicted octanol–water partition coefficient (Wildman–Crippen LogP) is -0.582. The molecular weight excluding hydrogens is 166 g/mol. The van der Waals surface area contributed by atoms with Gasteiger partial charge in [-0.15, -0.1) is 0 Å². The van der Waals surface area contributed by atoms with E-state index in [-0.39, 0.29) is 5.91 Å². The molecule has 0 aliphatic carbocycles. The van der Waals surface area contributed by atoms with Crippen molar-refractivity contribution in [2.24, 2.45) is 0 Å². The van der Waals surface area contributed by atoms with Gasteiger partial charge < -0.3 is 15.5 Å². The molecule has 4 heteroatoms. The molecule has 0 unspecified atom stereocenters. The van der Waals surface area contributed by atoms with Gasteiger partial charge in [-0.25, -0.2) is 0 Å². The fourth-order valence-electron chi connectivity index (χ4n) is 1.58. The quantitative estimate of drug-likeness (QED) is 0.602. The smallest absolute Gasteiger partial charge is 0.233 e. The van der Waals surface area contributed by atoms with Crippen molar-refractivity contribution >= 4 is 5.91 Å². The van der Waals surface area contributed by atoms with Gasteiger partial charge in [0.15, 0.2) is 0 Å². The highest BCUT2D eigenvalue weighted by Crippen LogP contribution is 2.05. The molecule has 2 N–H and O–H groups in total. The Morgan fingerprint density at radius 1 is 1.38 bits per heavy atom. The minimum absolute atomic E-state index is 0.0849. The molecule has 1 fully saturated rings. The predicted molar refractivity (Wildman–Crippen MR) is 52.6 cm³/mol. The molecule has 13 heavy (non-hydrogen) atoms. The van der Waals surface area contributed by atoms with Crippen molar-refractivity contribution in [1.29, 1.82) is 0 Å². The Bertz CT molecular complexity index is 155. The largest absolute Gasteiger partial charge is 0.354 e. The van der Waals surface area contributed by atoms with E-state index in [9.17, 15) is 4.79 Å². The third-order valence-electron chi connectivity index (χ3n) is 2.29. The average molecular weight is 185 g/mol. The van der Waals surface area contributed by atoms with E-state index in [2.05, 4.69) is 15.5 Å². The summed E-state index contributed by atoms with van der Waals surface area (Å²) in [6, 6.07) is 0. The first-order valence-electron chi connectivity index (χ1n) is 4.96. The van der Waals surface area contributed by atoms with Crippen LogP contribution in [0, 0.1) is 0 Å². The molecule has 4 nitrogen and oxygen atoms in total. The number of likely N-dealkylation sites (tertiary alicyclic amines) is 1. The van der Waals surface area contributed by atoms with Crippen LogP contribution in [-0.4, -0.2) is 50.6 Å². The summed E-state index contributed by atoms with van der Waals surface area (Å²) in [5, 5.41) is 5.69. The van der Waals surface area contributed by atoms with Gasteiger partial charge in [-0.05, 0) is 33.0 Å². The summed E-state index contributed by atoms with van der Waals surface area (Å²) in [5.74, 6) is 0.0849. The monoisotopic (exact) mass is 185 g/mol. The lowest BCUT2D eigenvalue weighted by Gasteiger charge is -2.14. The lowest BCUT2D eigenvalue weighted by molar-refractivity contribution is -0.120. The Morgan fingerprint density at radius 3 is 2.69 bits per heavy atom. The van der Waals surface area contributed by atoms with Gasteiger partial charge in [0.05, 0.1) is 6.54 Å². The van der Waals surface area contributed by atoms with E-state index in [1.807, 2.05) is 0 Å². The molecule has 0 atom stereocenters. The minimum Gasteiger partial charge on any atom is -0.354 e. The van der Waals surface area contributed by atoms with Crippen LogP contribution in [0.3, 0.4) is 0 Å². The van der Waals surface area contributed by atoms with Gasteiger partial charge in [-0.3, -0.25) is 4.79 Å². The summed E-state index contributed by atoms with van der Waals surface area (Å²) < 4.78 is 0. The van der Waals surface area contributed by atoms with Gasteiger partial charge in [0.1, 0.15) is 0 Å². The molecule has 1 saturated heterocycles. The molecule has 0 aromatic heterocycles. The van der Waals surface area contributed by atoms with Gasteiger partial charge in [-0.2, -0.15) is 0 Å². The van der Waals surface area contributed by atoms with E-state index in [0.717, 1.165) is 13.1 Å². The van der Waals surface area contributed by atoms with Crippen LogP contribution in [-0.2, 0) is 4.79 Å². The summed E-state index contributed by atoms with van der Waals surface area (Å²) in [6.07, 6.45) is 2.62. The van der Waals surface area contributed by atoms with Crippen molar-refractivity contribution in [3.63, 3.8) is 0 Å². The second-order valence-corrected chi connectivity index (χ2v) is 3.43. The zero-order chi connectivity index (χ0) is 9.52. The SMILES string of the molecule is CNCC(=O)NCCN1CCCC1. The zero-order valence-corrected chi connectivity index (χ0v) is 8.31. The van der Waals surface area contributed by atoms with Crippen LogP contribution in [0.1, 0.15) is 12.8 Å². The highest BCUT2D eigenvalue weighted by Gasteiger charge is 2.10. The first kappa shape index (κ1) is 10.5. The van der Waals surface area contributed by atoms with E-state index in [1.165, 1.54) is 25.9 Å². The minimum atomic E-state index is 0.0849. The Labute approximate surface area is 79.7 Å². The van der Waals surface area contributed by atoms with Crippen LogP contribution in [0.4, 0.5) is 0 Å². The Hall–Kier alpha value is -0.610. The van der Waals surface area contributed by atoms with Crippen LogP contribution >= 0.6 is 0 Å². The van der Waals surface area contributed by atoms with Crippen LogP contribution < -0.4 is 10.6 Å². The standard InChI is InChI=1S/C9H19N3O/c1-10-8-9(13)11-4-7-12-5-2-3-6-12/h10H,2-8H2,1H3,(H,11,13). The maximum absolute atomic E-state index is 11.0. The molecule has 0 aromatic carbocycles. The van der Waals surface area contributed by atoms with E-state index < -0.39 is 0 Å². The van der Waals surface area contributed by atoms with Crippen molar-refractivity contribution in [3.8, 4) is 0 Å². The number of nitrogens with zero attached hydrogens (tertiary/aromatic N) is 1. The van der Waals surface area contributed by atoms with Gasteiger partial charge in [-0.1, -0.05) is 0 Å². The molecule has 0 spiro atoms. The lowest BCUT2D eigenvalue weighted by Crippen LogP contribution is -2.37. The summed E-state index contributed by atoms with van der Waals surface area (Å²) in [7, 11) is 1.78. The van der Waals surface area contributed by atoms with Crippen LogP contribution in [0.5, 0.6) is 0 Å². The molecule has 1 heterocycles. The highest BCUT2D eigenvalue weighted by atomic mass is 16.1. The molecule has 1 amide bonds. The lowest BCUT2D eigenvalue weighted by atomic mass is 10.4. The van der Waals surface area contributed by atoms with Crippen molar-refractivity contribution in [3.05, 3.63) is 0 Å². The van der Waals surface area contributed by atoms with Crippen LogP contribution in [0.15, 0.2) is 0 Å². The zero-order valence-electron chi connectivity index (χ0n) is 8.31. The number of nitrogens with one attached hydrogen (secondary N) is 2. The van der Waals surface area contributed by atoms with Gasteiger partial charge >= 0.3 is 0 Å². The third-order valence-corrected chi connectivity index (χ3v) is 2.29. The Morgan fingerprint density at radius 2 is 2.08 bits per heavy atom. The first-order valence-corrected chi connectivity index (χ1v) is 4.96. The van der Waals surface area contributed by atoms with Crippen molar-refractivity contribution < 1.29 is 4.79 Å². The highest BCUT2D eigenvalue weighted by molar-refractivity contribution is 5.77. The molecule has 1 aliphatic rings. The van der Waals surface area contributed by atoms with Crippen molar-refractivity contribution in [1.82, 2.24) is 15.5 Å². The number of hydrogen-bond acceptors (Lipinski definition) is 3. The number of hydrogen-bond donors (Lipinski definition) is 2. The summed E-state index contributed by atoms with van der Waals surface area (Å²) in [5.41, 5.74) is 0. The molecule has 0 saturated carbocycles. The molecular formula is C9H19N3O. The number of carbonyl (C=O) groups is 1. The summed E-state index contributed by atoms with van der Waals surface area (Å²) in [6.45, 7) is 4.58. The first-order chi connectivity index (χ1) is 6.33. The number of carbonyl (C=O) groups excluding carboxylic acids is 1. The van der Waals surface area contributed by atoms with Gasteiger partial charge in [0, 0.05) is 13.1 Å². The summed E-state index contributed by atoms with van der Waals surface area (Å²) in [4.78, 5) is 13.4. The number of amides is 1. The van der Waals surface area contributed by atoms with E-state index in [1.54, 1.807) is 7.05 Å². The average Bonchev–Trinajstić information content (AvgIpc) is 2.57. The topological polar surface area (TPSA) is 44.4 Å². The maximum atomic E-state index is 11.0. The van der Waals surface area contributed by atoms with E-state index in [4.69, 9.17) is 0 Å². The Balaban J connectivity index is 1.96. The summed E-state index contributed by atoms with van der Waals surface area (Å²) >= 11 is 0. The molecule has 1 aliphatic heterocycles. The fourth-order valence-corrected chi connectivity index (χ4v) is 1.58. The maximum Gasteiger partial charge on any atom is 0.233 e. The van der Waals surface area contributed by atoms with Crippen molar-refractivity contribution in [2.45, 2.75) is 12.8 Å². The fraction of sp³-hybridized carbons (Fsp3) is 0.889. The number of rotatable bonds is 5. The number of likely N-dealkylation sites (N-methyl/N-ethyl adjacent to an activating group) is 1. The molecule has 0 aromatic rings. The van der Waals surface area contributed by atoms with Gasteiger partial charge in [0.2, 0.25) is 5.91 Å². The molecule has 76 valence electrons. The van der Waals surface area contributed by atoms with E-state index in [0.29, 0.717) is 6.54 Å². The van der Waals surface area contributed by atoms with E-state index >= 15 is 0 Å². The Kier molecular flexibility index (Phi) is 4.78. The second-order valence-electron chi connectivity index (χ2n) is 3.43. The van der Waals surface area contributed by atoms with Crippen molar-refractivity contribution in [2.75, 3.05) is 39.8 Å². The second kappa shape index (κ2) is 5.94. The molecule has 0 bridgehead atoms. The van der Waals surface area contributed by atoms with Crippen LogP contribution in [0.25, 0.3) is 0 Å².